The molecule has 4 rings (SSSR count). The largest absolute Gasteiger partial charge is 0.453 e. The Bertz CT molecular complexity index is 420. The second-order valence-corrected chi connectivity index (χ2v) is 6.58. The average Bonchev–Trinajstić information content (AvgIpc) is 2.23. The van der Waals surface area contributed by atoms with Crippen molar-refractivity contribution >= 4 is 5.97 Å². The van der Waals surface area contributed by atoms with Crippen molar-refractivity contribution in [2.45, 2.75) is 55.8 Å². The van der Waals surface area contributed by atoms with E-state index in [9.17, 15) is 15.0 Å². The molecule has 4 fully saturated rings. The monoisotopic (exact) mass is 252 g/mol. The molecule has 4 aliphatic carbocycles. The Morgan fingerprint density at radius 1 is 1.39 bits per heavy atom. The Labute approximate surface area is 107 Å². The third-order valence-electron chi connectivity index (χ3n) is 5.34. The molecule has 0 amide bonds. The lowest BCUT2D eigenvalue weighted by Crippen LogP contribution is -2.73. The van der Waals surface area contributed by atoms with Crippen LogP contribution in [0.5, 0.6) is 0 Å². The predicted octanol–water partition coefficient (Wildman–Crippen LogP) is 1.16. The van der Waals surface area contributed by atoms with Crippen LogP contribution in [0, 0.1) is 11.8 Å². The first-order chi connectivity index (χ1) is 8.30. The maximum Gasteiger partial charge on any atom is 0.330 e. The summed E-state index contributed by atoms with van der Waals surface area (Å²) in [4.78, 5) is 11.5. The number of esters is 1. The van der Waals surface area contributed by atoms with Crippen molar-refractivity contribution < 1.29 is 19.7 Å². The fourth-order valence-electron chi connectivity index (χ4n) is 4.65. The molecule has 4 saturated carbocycles. The molecule has 4 bridgehead atoms. The maximum atomic E-state index is 11.5. The van der Waals surface area contributed by atoms with Crippen LogP contribution < -0.4 is 0 Å². The van der Waals surface area contributed by atoms with E-state index < -0.39 is 22.8 Å². The quantitative estimate of drug-likeness (QED) is 0.571. The van der Waals surface area contributed by atoms with Crippen LogP contribution >= 0.6 is 0 Å². The molecule has 0 aromatic rings. The number of hydrogen-bond acceptors (Lipinski definition) is 4. The van der Waals surface area contributed by atoms with Crippen molar-refractivity contribution in [3.8, 4) is 0 Å². The zero-order chi connectivity index (χ0) is 13.2. The number of hydrogen-bond donors (Lipinski definition) is 2. The van der Waals surface area contributed by atoms with Gasteiger partial charge in [0, 0.05) is 18.4 Å². The minimum atomic E-state index is -1.09. The Kier molecular flexibility index (Phi) is 2.28. The van der Waals surface area contributed by atoms with Crippen molar-refractivity contribution in [2.24, 2.45) is 11.8 Å². The zero-order valence-corrected chi connectivity index (χ0v) is 10.7. The van der Waals surface area contributed by atoms with Crippen LogP contribution in [-0.2, 0) is 9.53 Å². The van der Waals surface area contributed by atoms with Crippen LogP contribution in [0.3, 0.4) is 0 Å². The Morgan fingerprint density at radius 3 is 2.67 bits per heavy atom. The normalized spacial score (nSPS) is 53.3. The van der Waals surface area contributed by atoms with E-state index in [1.165, 1.54) is 0 Å². The van der Waals surface area contributed by atoms with Crippen molar-refractivity contribution in [1.82, 2.24) is 0 Å². The Balaban J connectivity index is 1.97. The molecular formula is C14H20O4. The third-order valence-corrected chi connectivity index (χ3v) is 5.34. The number of carbonyl (C=O) groups excluding carboxylic acids is 1. The summed E-state index contributed by atoms with van der Waals surface area (Å²) in [5.74, 6) is -0.106. The second-order valence-electron chi connectivity index (χ2n) is 6.58. The first-order valence-electron chi connectivity index (χ1n) is 6.60. The van der Waals surface area contributed by atoms with E-state index in [4.69, 9.17) is 4.74 Å². The van der Waals surface area contributed by atoms with Gasteiger partial charge in [-0.3, -0.25) is 0 Å². The Morgan fingerprint density at radius 2 is 2.11 bits per heavy atom. The van der Waals surface area contributed by atoms with Crippen LogP contribution in [0.1, 0.15) is 39.0 Å². The lowest BCUT2D eigenvalue weighted by atomic mass is 9.46. The molecule has 0 radical (unpaired) electrons. The van der Waals surface area contributed by atoms with Gasteiger partial charge >= 0.3 is 5.97 Å². The Hall–Kier alpha value is -0.870. The lowest BCUT2D eigenvalue weighted by Gasteiger charge is -2.65. The number of rotatable bonds is 2. The molecule has 4 nitrogen and oxygen atoms in total. The molecule has 0 spiro atoms. The highest BCUT2D eigenvalue weighted by Gasteiger charge is 2.69. The molecular weight excluding hydrogens is 232 g/mol. The molecule has 100 valence electrons. The van der Waals surface area contributed by atoms with Gasteiger partial charge in [-0.2, -0.15) is 0 Å². The van der Waals surface area contributed by atoms with Gasteiger partial charge in [-0.15, -0.1) is 0 Å². The highest BCUT2D eigenvalue weighted by Crippen LogP contribution is 2.62. The summed E-state index contributed by atoms with van der Waals surface area (Å²) in [6, 6.07) is 0. The lowest BCUT2D eigenvalue weighted by molar-refractivity contribution is -0.298. The van der Waals surface area contributed by atoms with Gasteiger partial charge in [0.05, 0.1) is 5.60 Å². The standard InChI is InChI=1S/C14H20O4/c1-3-11(15)18-12(2)10-4-9-5-13(16,7-10)8-14(12,17)6-9/h3,9-10,16-17H,1,4-8H2,2H3. The highest BCUT2D eigenvalue weighted by molar-refractivity contribution is 5.81. The van der Waals surface area contributed by atoms with Gasteiger partial charge in [0.15, 0.2) is 0 Å². The summed E-state index contributed by atoms with van der Waals surface area (Å²) in [6.07, 6.45) is 4.38. The van der Waals surface area contributed by atoms with Gasteiger partial charge < -0.3 is 14.9 Å². The molecule has 0 saturated heterocycles. The van der Waals surface area contributed by atoms with E-state index in [0.717, 1.165) is 18.9 Å². The van der Waals surface area contributed by atoms with E-state index in [0.29, 0.717) is 25.2 Å². The second kappa shape index (κ2) is 3.36. The maximum absolute atomic E-state index is 11.5. The molecule has 5 atom stereocenters. The summed E-state index contributed by atoms with van der Waals surface area (Å²) in [5, 5.41) is 21.3. The first-order valence-corrected chi connectivity index (χ1v) is 6.60. The summed E-state index contributed by atoms with van der Waals surface area (Å²) < 4.78 is 5.49. The van der Waals surface area contributed by atoms with Gasteiger partial charge in [-0.05, 0) is 38.5 Å². The highest BCUT2D eigenvalue weighted by atomic mass is 16.6. The molecule has 0 heterocycles. The smallest absolute Gasteiger partial charge is 0.330 e. The number of aliphatic hydroxyl groups is 2. The molecule has 5 unspecified atom stereocenters. The molecule has 4 heteroatoms. The molecule has 4 aliphatic rings. The van der Waals surface area contributed by atoms with E-state index in [1.807, 2.05) is 0 Å². The zero-order valence-electron chi connectivity index (χ0n) is 10.7. The van der Waals surface area contributed by atoms with Crippen molar-refractivity contribution in [1.29, 1.82) is 0 Å². The van der Waals surface area contributed by atoms with Crippen LogP contribution in [-0.4, -0.2) is 33.0 Å². The summed E-state index contributed by atoms with van der Waals surface area (Å²) in [7, 11) is 0. The van der Waals surface area contributed by atoms with Gasteiger partial charge in [-0.25, -0.2) is 4.79 Å². The predicted molar refractivity (Wildman–Crippen MR) is 64.7 cm³/mol. The molecule has 18 heavy (non-hydrogen) atoms. The third kappa shape index (κ3) is 1.42. The van der Waals surface area contributed by atoms with Crippen LogP contribution in [0.2, 0.25) is 0 Å². The molecule has 2 N–H and O–H groups in total. The summed E-state index contributed by atoms with van der Waals surface area (Å²) in [5.41, 5.74) is -2.74. The SMILES string of the molecule is C=CC(=O)OC1(C)C2CC3CC(O)(C2)CC1(O)C3. The van der Waals surface area contributed by atoms with E-state index >= 15 is 0 Å². The number of carbonyl (C=O) groups is 1. The first kappa shape index (κ1) is 12.2. The fourth-order valence-corrected chi connectivity index (χ4v) is 4.65. The summed E-state index contributed by atoms with van der Waals surface area (Å²) in [6.45, 7) is 5.21. The van der Waals surface area contributed by atoms with Gasteiger partial charge in [0.2, 0.25) is 0 Å². The number of ether oxygens (including phenoxy) is 1. The van der Waals surface area contributed by atoms with Gasteiger partial charge in [0.1, 0.15) is 11.2 Å². The van der Waals surface area contributed by atoms with Crippen molar-refractivity contribution in [2.75, 3.05) is 0 Å². The average molecular weight is 252 g/mol. The molecule has 0 aromatic heterocycles. The minimum Gasteiger partial charge on any atom is -0.453 e. The van der Waals surface area contributed by atoms with Crippen molar-refractivity contribution in [3.05, 3.63) is 12.7 Å². The fraction of sp³-hybridized carbons (Fsp3) is 0.786. The minimum absolute atomic E-state index is 0.0395. The summed E-state index contributed by atoms with van der Waals surface area (Å²) >= 11 is 0. The van der Waals surface area contributed by atoms with Crippen LogP contribution in [0.15, 0.2) is 12.7 Å². The van der Waals surface area contributed by atoms with Crippen LogP contribution in [0.25, 0.3) is 0 Å². The van der Waals surface area contributed by atoms with Gasteiger partial charge in [-0.1, -0.05) is 6.58 Å². The van der Waals surface area contributed by atoms with Crippen LogP contribution in [0.4, 0.5) is 0 Å². The van der Waals surface area contributed by atoms with Gasteiger partial charge in [0.25, 0.3) is 0 Å². The van der Waals surface area contributed by atoms with Crippen molar-refractivity contribution in [3.63, 3.8) is 0 Å². The van der Waals surface area contributed by atoms with E-state index in [2.05, 4.69) is 6.58 Å². The van der Waals surface area contributed by atoms with E-state index in [1.54, 1.807) is 6.92 Å². The molecule has 0 aliphatic heterocycles. The van der Waals surface area contributed by atoms with E-state index in [-0.39, 0.29) is 5.92 Å². The molecule has 0 aromatic carbocycles. The topological polar surface area (TPSA) is 66.8 Å².